The van der Waals surface area contributed by atoms with E-state index in [0.717, 1.165) is 38.3 Å². The standard InChI is InChI=1S/C18H35NO2/c1-6-12-19(5)13-9-16-14-20-18(21-16)10-7-15(8-11-18)17(2,3)4/h15-16H,6-14H2,1-5H3. The lowest BCUT2D eigenvalue weighted by Gasteiger charge is -2.41. The molecule has 0 amide bonds. The van der Waals surface area contributed by atoms with Gasteiger partial charge < -0.3 is 14.4 Å². The molecule has 1 saturated heterocycles. The van der Waals surface area contributed by atoms with E-state index >= 15 is 0 Å². The molecular weight excluding hydrogens is 262 g/mol. The van der Waals surface area contributed by atoms with Gasteiger partial charge in [-0.3, -0.25) is 0 Å². The molecule has 2 rings (SSSR count). The van der Waals surface area contributed by atoms with Crippen LogP contribution in [0, 0.1) is 11.3 Å². The maximum absolute atomic E-state index is 6.33. The highest BCUT2D eigenvalue weighted by molar-refractivity contribution is 4.88. The van der Waals surface area contributed by atoms with E-state index in [4.69, 9.17) is 9.47 Å². The SMILES string of the molecule is CCCN(C)CCC1COC2(CCC(C(C)(C)C)CC2)O1. The van der Waals surface area contributed by atoms with Gasteiger partial charge in [0, 0.05) is 19.4 Å². The first-order valence-corrected chi connectivity index (χ1v) is 8.85. The summed E-state index contributed by atoms with van der Waals surface area (Å²) in [6.45, 7) is 12.4. The molecule has 1 aliphatic carbocycles. The minimum absolute atomic E-state index is 0.240. The smallest absolute Gasteiger partial charge is 0.168 e. The molecule has 1 unspecified atom stereocenters. The molecule has 0 N–H and O–H groups in total. The topological polar surface area (TPSA) is 21.7 Å². The van der Waals surface area contributed by atoms with Crippen LogP contribution in [0.15, 0.2) is 0 Å². The normalized spacial score (nSPS) is 34.0. The van der Waals surface area contributed by atoms with Crippen LogP contribution in [0.2, 0.25) is 0 Å². The monoisotopic (exact) mass is 297 g/mol. The van der Waals surface area contributed by atoms with Crippen molar-refractivity contribution in [3.63, 3.8) is 0 Å². The summed E-state index contributed by atoms with van der Waals surface area (Å²) >= 11 is 0. The van der Waals surface area contributed by atoms with Crippen molar-refractivity contribution in [1.82, 2.24) is 4.90 Å². The van der Waals surface area contributed by atoms with Gasteiger partial charge in [-0.05, 0) is 50.6 Å². The molecule has 0 aromatic rings. The van der Waals surface area contributed by atoms with Crippen molar-refractivity contribution in [1.29, 1.82) is 0 Å². The van der Waals surface area contributed by atoms with E-state index in [1.807, 2.05) is 0 Å². The van der Waals surface area contributed by atoms with Gasteiger partial charge in [0.15, 0.2) is 5.79 Å². The van der Waals surface area contributed by atoms with Crippen molar-refractivity contribution < 1.29 is 9.47 Å². The third-order valence-electron chi connectivity index (χ3n) is 5.32. The lowest BCUT2D eigenvalue weighted by molar-refractivity contribution is -0.197. The predicted octanol–water partition coefficient (Wildman–Crippen LogP) is 4.07. The van der Waals surface area contributed by atoms with Crippen LogP contribution in [0.25, 0.3) is 0 Å². The molecule has 1 saturated carbocycles. The van der Waals surface area contributed by atoms with E-state index in [1.54, 1.807) is 0 Å². The summed E-state index contributed by atoms with van der Waals surface area (Å²) in [5, 5.41) is 0. The maximum atomic E-state index is 6.33. The Morgan fingerprint density at radius 2 is 1.81 bits per heavy atom. The van der Waals surface area contributed by atoms with E-state index in [0.29, 0.717) is 11.5 Å². The molecule has 2 aliphatic rings. The fourth-order valence-electron chi connectivity index (χ4n) is 3.80. The fourth-order valence-corrected chi connectivity index (χ4v) is 3.80. The molecule has 2 fully saturated rings. The molecule has 124 valence electrons. The summed E-state index contributed by atoms with van der Waals surface area (Å²) in [6.07, 6.45) is 7.26. The largest absolute Gasteiger partial charge is 0.347 e. The Hall–Kier alpha value is -0.120. The molecule has 21 heavy (non-hydrogen) atoms. The predicted molar refractivity (Wildman–Crippen MR) is 87.4 cm³/mol. The zero-order valence-electron chi connectivity index (χ0n) is 14.8. The van der Waals surface area contributed by atoms with Gasteiger partial charge in [-0.15, -0.1) is 0 Å². The van der Waals surface area contributed by atoms with Gasteiger partial charge in [0.05, 0.1) is 12.7 Å². The highest BCUT2D eigenvalue weighted by Crippen LogP contribution is 2.45. The Bertz CT molecular complexity index is 316. The Balaban J connectivity index is 1.75. The highest BCUT2D eigenvalue weighted by atomic mass is 16.7. The van der Waals surface area contributed by atoms with E-state index in [-0.39, 0.29) is 5.79 Å². The van der Waals surface area contributed by atoms with Gasteiger partial charge in [-0.25, -0.2) is 0 Å². The molecule has 3 nitrogen and oxygen atoms in total. The van der Waals surface area contributed by atoms with Crippen LogP contribution in [0.4, 0.5) is 0 Å². The third-order valence-corrected chi connectivity index (χ3v) is 5.32. The van der Waals surface area contributed by atoms with Gasteiger partial charge in [0.25, 0.3) is 0 Å². The van der Waals surface area contributed by atoms with Crippen LogP contribution in [-0.4, -0.2) is 43.5 Å². The first-order valence-electron chi connectivity index (χ1n) is 8.85. The van der Waals surface area contributed by atoms with Crippen molar-refractivity contribution in [3.8, 4) is 0 Å². The Morgan fingerprint density at radius 3 is 2.38 bits per heavy atom. The molecule has 0 aromatic carbocycles. The number of rotatable bonds is 5. The quantitative estimate of drug-likeness (QED) is 0.763. The van der Waals surface area contributed by atoms with Crippen molar-refractivity contribution in [2.24, 2.45) is 11.3 Å². The summed E-state index contributed by atoms with van der Waals surface area (Å²) in [7, 11) is 2.20. The minimum Gasteiger partial charge on any atom is -0.347 e. The molecule has 1 spiro atoms. The summed E-state index contributed by atoms with van der Waals surface area (Å²) in [5.41, 5.74) is 0.419. The Kier molecular flexibility index (Phi) is 5.72. The number of ether oxygens (including phenoxy) is 2. The third kappa shape index (κ3) is 4.67. The van der Waals surface area contributed by atoms with Crippen molar-refractivity contribution >= 4 is 0 Å². The van der Waals surface area contributed by atoms with Crippen LogP contribution in [0.1, 0.15) is 66.2 Å². The lowest BCUT2D eigenvalue weighted by atomic mass is 9.71. The van der Waals surface area contributed by atoms with E-state index in [9.17, 15) is 0 Å². The first kappa shape index (κ1) is 17.2. The van der Waals surface area contributed by atoms with E-state index in [2.05, 4.69) is 39.6 Å². The van der Waals surface area contributed by atoms with Crippen LogP contribution in [0.5, 0.6) is 0 Å². The van der Waals surface area contributed by atoms with Crippen molar-refractivity contribution in [2.75, 3.05) is 26.7 Å². The molecule has 0 bridgehead atoms. The molecular formula is C18H35NO2. The molecule has 3 heteroatoms. The summed E-state index contributed by atoms with van der Waals surface area (Å²) in [6, 6.07) is 0. The van der Waals surface area contributed by atoms with Gasteiger partial charge >= 0.3 is 0 Å². The van der Waals surface area contributed by atoms with E-state index < -0.39 is 0 Å². The second-order valence-electron chi connectivity index (χ2n) is 8.19. The number of nitrogens with zero attached hydrogens (tertiary/aromatic N) is 1. The fraction of sp³-hybridized carbons (Fsp3) is 1.00. The molecule has 0 aromatic heterocycles. The molecule has 0 radical (unpaired) electrons. The zero-order valence-corrected chi connectivity index (χ0v) is 14.8. The second kappa shape index (κ2) is 6.97. The highest BCUT2D eigenvalue weighted by Gasteiger charge is 2.45. The van der Waals surface area contributed by atoms with Crippen molar-refractivity contribution in [2.45, 2.75) is 78.1 Å². The first-order chi connectivity index (χ1) is 9.85. The van der Waals surface area contributed by atoms with Crippen LogP contribution < -0.4 is 0 Å². The second-order valence-corrected chi connectivity index (χ2v) is 8.19. The van der Waals surface area contributed by atoms with Gasteiger partial charge in [0.2, 0.25) is 0 Å². The summed E-state index contributed by atoms with van der Waals surface area (Å²) in [4.78, 5) is 2.39. The summed E-state index contributed by atoms with van der Waals surface area (Å²) < 4.78 is 12.4. The zero-order chi connectivity index (χ0) is 15.5. The average molecular weight is 297 g/mol. The Morgan fingerprint density at radius 1 is 1.14 bits per heavy atom. The number of hydrogen-bond donors (Lipinski definition) is 0. The van der Waals surface area contributed by atoms with Gasteiger partial charge in [0.1, 0.15) is 0 Å². The minimum atomic E-state index is -0.240. The number of hydrogen-bond acceptors (Lipinski definition) is 3. The Labute approximate surface area is 131 Å². The molecule has 1 heterocycles. The van der Waals surface area contributed by atoms with Gasteiger partial charge in [-0.1, -0.05) is 27.7 Å². The summed E-state index contributed by atoms with van der Waals surface area (Å²) in [5.74, 6) is 0.570. The van der Waals surface area contributed by atoms with Crippen LogP contribution >= 0.6 is 0 Å². The van der Waals surface area contributed by atoms with E-state index in [1.165, 1.54) is 25.8 Å². The maximum Gasteiger partial charge on any atom is 0.168 e. The van der Waals surface area contributed by atoms with Crippen molar-refractivity contribution in [3.05, 3.63) is 0 Å². The average Bonchev–Trinajstić information content (AvgIpc) is 2.79. The van der Waals surface area contributed by atoms with Crippen LogP contribution in [-0.2, 0) is 9.47 Å². The molecule has 1 aliphatic heterocycles. The lowest BCUT2D eigenvalue weighted by Crippen LogP contribution is -2.39. The van der Waals surface area contributed by atoms with Gasteiger partial charge in [-0.2, -0.15) is 0 Å². The van der Waals surface area contributed by atoms with Crippen LogP contribution in [0.3, 0.4) is 0 Å². The molecule has 1 atom stereocenters.